The van der Waals surface area contributed by atoms with Gasteiger partial charge >= 0.3 is 20.2 Å². The Morgan fingerprint density at radius 2 is 0.672 bits per heavy atom. The summed E-state index contributed by atoms with van der Waals surface area (Å²) in [6.45, 7) is 4.45. The summed E-state index contributed by atoms with van der Waals surface area (Å²) in [5, 5.41) is -0.739. The molecule has 2 fully saturated rings. The molecular formula is C36H24F10N4O10S4. The molecule has 3 aromatic rings. The lowest BCUT2D eigenvalue weighted by Gasteiger charge is -2.35. The van der Waals surface area contributed by atoms with Crippen LogP contribution < -0.4 is 8.37 Å². The van der Waals surface area contributed by atoms with Crippen molar-refractivity contribution in [3.8, 4) is 11.5 Å². The lowest BCUT2D eigenvalue weighted by Crippen LogP contribution is -2.55. The quantitative estimate of drug-likeness (QED) is 0.0434. The van der Waals surface area contributed by atoms with E-state index in [-0.39, 0.29) is 48.5 Å². The lowest BCUT2D eigenvalue weighted by molar-refractivity contribution is -0.135. The maximum atomic E-state index is 14.9. The van der Waals surface area contributed by atoms with Crippen LogP contribution in [0.5, 0.6) is 11.5 Å². The minimum absolute atomic E-state index is 0.198. The zero-order valence-corrected chi connectivity index (χ0v) is 35.7. The van der Waals surface area contributed by atoms with Crippen molar-refractivity contribution < 1.29 is 88.3 Å². The Hall–Kier alpha value is -6.00. The van der Waals surface area contributed by atoms with Gasteiger partial charge < -0.3 is 8.37 Å². The first-order valence-electron chi connectivity index (χ1n) is 17.6. The van der Waals surface area contributed by atoms with Gasteiger partial charge in [-0.15, -0.1) is 0 Å². The van der Waals surface area contributed by atoms with E-state index in [0.29, 0.717) is 12.2 Å². The monoisotopic (exact) mass is 990 g/mol. The second-order valence-electron chi connectivity index (χ2n) is 12.7. The maximum Gasteiger partial charge on any atom is 0.345 e. The summed E-state index contributed by atoms with van der Waals surface area (Å²) >= 11 is 10.3. The van der Waals surface area contributed by atoms with Gasteiger partial charge in [-0.25, -0.2) is 43.9 Å². The topological polar surface area (TPSA) is 168 Å². The summed E-state index contributed by atoms with van der Waals surface area (Å²) in [5.41, 5.74) is -4.36. The van der Waals surface area contributed by atoms with Crippen LogP contribution in [-0.2, 0) is 39.4 Å². The highest BCUT2D eigenvalue weighted by molar-refractivity contribution is 7.87. The molecule has 64 heavy (non-hydrogen) atoms. The number of likely N-dealkylation sites (N-methyl/N-ethyl adjacent to an activating group) is 4. The predicted octanol–water partition coefficient (Wildman–Crippen LogP) is 5.37. The van der Waals surface area contributed by atoms with Gasteiger partial charge in [-0.05, 0) is 76.4 Å². The van der Waals surface area contributed by atoms with Crippen LogP contribution in [0.3, 0.4) is 0 Å². The highest BCUT2D eigenvalue weighted by Gasteiger charge is 2.42. The van der Waals surface area contributed by atoms with Crippen molar-refractivity contribution in [2.24, 2.45) is 0 Å². The first-order chi connectivity index (χ1) is 29.7. The van der Waals surface area contributed by atoms with E-state index in [1.807, 2.05) is 0 Å². The minimum Gasteiger partial charge on any atom is -0.378 e. The van der Waals surface area contributed by atoms with Crippen molar-refractivity contribution in [1.82, 2.24) is 19.6 Å². The Balaban J connectivity index is 1.94. The van der Waals surface area contributed by atoms with Gasteiger partial charge in [0.25, 0.3) is 23.6 Å². The van der Waals surface area contributed by atoms with Crippen LogP contribution in [0.2, 0.25) is 0 Å². The first kappa shape index (κ1) is 49.0. The molecule has 14 nitrogen and oxygen atoms in total. The van der Waals surface area contributed by atoms with Crippen LogP contribution in [0.25, 0.3) is 12.2 Å². The number of hydrogen-bond acceptors (Lipinski definition) is 12. The molecule has 2 heterocycles. The molecule has 0 spiro atoms. The number of benzene rings is 3. The Morgan fingerprint density at radius 1 is 0.453 bits per heavy atom. The summed E-state index contributed by atoms with van der Waals surface area (Å²) in [6.07, 6.45) is 0.756. The van der Waals surface area contributed by atoms with Gasteiger partial charge in [0.15, 0.2) is 78.1 Å². The van der Waals surface area contributed by atoms with Crippen LogP contribution >= 0.6 is 24.4 Å². The van der Waals surface area contributed by atoms with Crippen molar-refractivity contribution in [3.63, 3.8) is 0 Å². The highest BCUT2D eigenvalue weighted by Crippen LogP contribution is 2.39. The molecule has 5 rings (SSSR count). The molecule has 2 aliphatic heterocycles. The molecule has 28 heteroatoms. The molecule has 3 aromatic carbocycles. The molecule has 2 saturated heterocycles. The van der Waals surface area contributed by atoms with E-state index in [2.05, 4.69) is 0 Å². The van der Waals surface area contributed by atoms with E-state index in [4.69, 9.17) is 32.8 Å². The lowest BCUT2D eigenvalue weighted by atomic mass is 10.0. The van der Waals surface area contributed by atoms with Crippen molar-refractivity contribution in [2.75, 3.05) is 26.2 Å². The number of hydrogen-bond donors (Lipinski definition) is 0. The van der Waals surface area contributed by atoms with Crippen LogP contribution in [0.15, 0.2) is 33.1 Å². The molecule has 342 valence electrons. The van der Waals surface area contributed by atoms with E-state index in [1.165, 1.54) is 27.7 Å². The fourth-order valence-electron chi connectivity index (χ4n) is 5.97. The number of nitrogens with zero attached hydrogens (tertiary/aromatic N) is 4. The average molecular weight is 991 g/mol. The third-order valence-electron chi connectivity index (χ3n) is 9.07. The summed E-state index contributed by atoms with van der Waals surface area (Å²) in [7, 11) is -12.8. The number of carbonyl (C=O) groups is 4. The molecule has 2 aliphatic rings. The Kier molecular flexibility index (Phi) is 13.7. The smallest absolute Gasteiger partial charge is 0.345 e. The molecule has 0 bridgehead atoms. The van der Waals surface area contributed by atoms with Crippen LogP contribution in [0.1, 0.15) is 38.8 Å². The molecule has 0 N–H and O–H groups in total. The van der Waals surface area contributed by atoms with Crippen molar-refractivity contribution >= 4 is 90.7 Å². The molecule has 0 radical (unpaired) electrons. The van der Waals surface area contributed by atoms with Crippen LogP contribution in [0.4, 0.5) is 43.9 Å². The molecule has 0 unspecified atom stereocenters. The van der Waals surface area contributed by atoms with Crippen molar-refractivity contribution in [3.05, 3.63) is 92.6 Å². The van der Waals surface area contributed by atoms with Gasteiger partial charge in [0.2, 0.25) is 11.6 Å². The van der Waals surface area contributed by atoms with Gasteiger partial charge in [0.1, 0.15) is 11.1 Å². The third-order valence-corrected chi connectivity index (χ3v) is 12.5. The van der Waals surface area contributed by atoms with Gasteiger partial charge in [-0.1, -0.05) is 0 Å². The van der Waals surface area contributed by atoms with Crippen molar-refractivity contribution in [1.29, 1.82) is 0 Å². The van der Waals surface area contributed by atoms with E-state index < -0.39 is 146 Å². The van der Waals surface area contributed by atoms with E-state index in [0.717, 1.165) is 19.6 Å². The third kappa shape index (κ3) is 8.17. The van der Waals surface area contributed by atoms with Gasteiger partial charge in [-0.3, -0.25) is 38.8 Å². The van der Waals surface area contributed by atoms with Gasteiger partial charge in [0.05, 0.1) is 0 Å². The number of carbonyl (C=O) groups excluding carboxylic acids is 4. The number of amides is 4. The zero-order chi connectivity index (χ0) is 48.2. The Morgan fingerprint density at radius 3 is 0.891 bits per heavy atom. The summed E-state index contributed by atoms with van der Waals surface area (Å²) in [4.78, 5) is 52.3. The summed E-state index contributed by atoms with van der Waals surface area (Å²) in [5.74, 6) is -36.8. The standard InChI is InChI=1S/C36H24F10N4O10S4/c1-5-47-31(51)15(32(52)48(6-2)35(47)61)9-13-11-18(60-64(57,58)30-27(45)23(41)20(38)24(42)28(30)46)14(10-16-33(53)49(7-3)36(62)50(8-4)34(16)54)12-17(13)59-63(55,56)29-25(43)21(39)19(37)22(40)26(29)44/h9-12H,5-8H2,1-4H3. The predicted molar refractivity (Wildman–Crippen MR) is 205 cm³/mol. The second-order valence-corrected chi connectivity index (χ2v) is 16.4. The molecule has 4 amide bonds. The van der Waals surface area contributed by atoms with E-state index in [1.54, 1.807) is 0 Å². The number of halogens is 10. The number of rotatable bonds is 12. The maximum absolute atomic E-state index is 14.9. The van der Waals surface area contributed by atoms with Crippen LogP contribution in [0, 0.1) is 58.2 Å². The molecule has 0 saturated carbocycles. The number of thiocarbonyl (C=S) groups is 2. The molecular weight excluding hydrogens is 967 g/mol. The fourth-order valence-corrected chi connectivity index (χ4v) is 8.98. The second kappa shape index (κ2) is 17.9. The van der Waals surface area contributed by atoms with Gasteiger partial charge in [0, 0.05) is 37.3 Å². The average Bonchev–Trinajstić information content (AvgIpc) is 3.22. The highest BCUT2D eigenvalue weighted by atomic mass is 32.2. The molecule has 0 aliphatic carbocycles. The summed E-state index contributed by atoms with van der Waals surface area (Å²) in [6, 6.07) is 0.397. The Labute approximate surface area is 365 Å². The largest absolute Gasteiger partial charge is 0.378 e. The first-order valence-corrected chi connectivity index (χ1v) is 21.3. The normalized spacial score (nSPS) is 15.2. The van der Waals surface area contributed by atoms with Gasteiger partial charge in [-0.2, -0.15) is 16.8 Å². The van der Waals surface area contributed by atoms with Crippen molar-refractivity contribution in [2.45, 2.75) is 37.5 Å². The summed E-state index contributed by atoms with van der Waals surface area (Å²) < 4.78 is 209. The van der Waals surface area contributed by atoms with Crippen LogP contribution in [-0.4, -0.2) is 96.5 Å². The SMILES string of the molecule is CCN1C(=O)C(=Cc2cc(OS(=O)(=O)c3c(F)c(F)c(F)c(F)c3F)c(C=C3C(=O)N(CC)C(=S)N(CC)C3=O)cc2OS(=O)(=O)c2c(F)c(F)c(F)c(F)c2F)C(=O)N(CC)C1=S. The molecule has 0 aromatic heterocycles. The van der Waals surface area contributed by atoms with E-state index >= 15 is 0 Å². The zero-order valence-electron chi connectivity index (χ0n) is 32.4. The molecule has 0 atom stereocenters. The van der Waals surface area contributed by atoms with E-state index in [9.17, 15) is 79.9 Å². The Bertz CT molecular complexity index is 2620. The fraction of sp³-hybridized carbons (Fsp3) is 0.222. The minimum atomic E-state index is -6.39.